The summed E-state index contributed by atoms with van der Waals surface area (Å²) in [5, 5.41) is 4.15. The van der Waals surface area contributed by atoms with Gasteiger partial charge in [0.15, 0.2) is 15.7 Å². The highest BCUT2D eigenvalue weighted by Crippen LogP contribution is 2.03. The van der Waals surface area contributed by atoms with E-state index in [0.717, 1.165) is 12.8 Å². The number of aryl methyl sites for hydroxylation is 2. The molecule has 0 aliphatic carbocycles. The summed E-state index contributed by atoms with van der Waals surface area (Å²) < 4.78 is 24.1. The Kier molecular flexibility index (Phi) is 4.28. The summed E-state index contributed by atoms with van der Waals surface area (Å²) in [6.45, 7) is 3.93. The summed E-state index contributed by atoms with van der Waals surface area (Å²) in [6, 6.07) is 0. The molecule has 1 aromatic heterocycles. The third-order valence-corrected chi connectivity index (χ3v) is 3.96. The summed E-state index contributed by atoms with van der Waals surface area (Å²) in [5.41, 5.74) is 5.64. The van der Waals surface area contributed by atoms with Crippen molar-refractivity contribution in [2.45, 2.75) is 33.2 Å². The van der Waals surface area contributed by atoms with Crippen LogP contribution in [0, 0.1) is 0 Å². The predicted octanol–water partition coefficient (Wildman–Crippen LogP) is 0.247. The number of nitrogen functional groups attached to an aromatic ring is 1. The molecule has 0 aromatic carbocycles. The van der Waals surface area contributed by atoms with E-state index in [1.807, 2.05) is 6.92 Å². The van der Waals surface area contributed by atoms with Crippen molar-refractivity contribution < 1.29 is 8.42 Å². The Morgan fingerprint density at radius 3 is 2.62 bits per heavy atom. The van der Waals surface area contributed by atoms with Crippen LogP contribution in [0.1, 0.15) is 26.1 Å². The van der Waals surface area contributed by atoms with E-state index in [1.54, 1.807) is 6.92 Å². The molecule has 6 nitrogen and oxygen atoms in total. The first-order chi connectivity index (χ1) is 7.48. The Hall–Kier alpha value is -1.11. The first kappa shape index (κ1) is 13.0. The van der Waals surface area contributed by atoms with Gasteiger partial charge in [-0.05, 0) is 6.42 Å². The summed E-state index contributed by atoms with van der Waals surface area (Å²) in [4.78, 5) is 4.06. The lowest BCUT2D eigenvalue weighted by Gasteiger charge is -2.02. The van der Waals surface area contributed by atoms with E-state index >= 15 is 0 Å². The Bertz CT molecular complexity index is 438. The van der Waals surface area contributed by atoms with Gasteiger partial charge in [-0.15, -0.1) is 0 Å². The molecule has 2 N–H and O–H groups in total. The molecule has 1 rings (SSSR count). The topological polar surface area (TPSA) is 90.9 Å². The van der Waals surface area contributed by atoms with Gasteiger partial charge in [-0.2, -0.15) is 10.1 Å². The number of anilines is 1. The van der Waals surface area contributed by atoms with Gasteiger partial charge in [0.25, 0.3) is 0 Å². The Morgan fingerprint density at radius 2 is 2.06 bits per heavy atom. The molecular formula is C9H18N4O2S. The van der Waals surface area contributed by atoms with E-state index < -0.39 is 9.84 Å². The van der Waals surface area contributed by atoms with Crippen LogP contribution in [0.15, 0.2) is 0 Å². The van der Waals surface area contributed by atoms with Gasteiger partial charge >= 0.3 is 0 Å². The van der Waals surface area contributed by atoms with Crippen molar-refractivity contribution in [3.63, 3.8) is 0 Å². The van der Waals surface area contributed by atoms with Crippen LogP contribution in [0.2, 0.25) is 0 Å². The molecule has 0 atom stereocenters. The van der Waals surface area contributed by atoms with Gasteiger partial charge in [-0.1, -0.05) is 13.8 Å². The van der Waals surface area contributed by atoms with Crippen molar-refractivity contribution in [1.29, 1.82) is 0 Å². The summed E-state index contributed by atoms with van der Waals surface area (Å²) in [5.74, 6) is 1.16. The summed E-state index contributed by atoms with van der Waals surface area (Å²) in [7, 11) is -2.98. The maximum absolute atomic E-state index is 11.3. The van der Waals surface area contributed by atoms with Crippen LogP contribution in [0.25, 0.3) is 0 Å². The third-order valence-electron chi connectivity index (χ3n) is 2.27. The molecule has 7 heteroatoms. The maximum atomic E-state index is 11.3. The van der Waals surface area contributed by atoms with Gasteiger partial charge in [-0.3, -0.25) is 0 Å². The molecule has 0 saturated carbocycles. The van der Waals surface area contributed by atoms with Gasteiger partial charge in [0.05, 0.1) is 12.3 Å². The minimum absolute atomic E-state index is 0.0582. The van der Waals surface area contributed by atoms with Crippen LogP contribution in [0.3, 0.4) is 0 Å². The molecule has 0 aliphatic heterocycles. The van der Waals surface area contributed by atoms with Crippen molar-refractivity contribution >= 4 is 15.8 Å². The van der Waals surface area contributed by atoms with Gasteiger partial charge in [0.1, 0.15) is 0 Å². The molecule has 0 unspecified atom stereocenters. The SMILES string of the molecule is CCCc1nc(N)n(CCS(=O)(=O)CC)n1. The first-order valence-corrected chi connectivity index (χ1v) is 7.20. The lowest BCUT2D eigenvalue weighted by molar-refractivity contribution is 0.581. The number of hydrogen-bond acceptors (Lipinski definition) is 5. The smallest absolute Gasteiger partial charge is 0.218 e. The second kappa shape index (κ2) is 5.29. The molecule has 1 heterocycles. The Labute approximate surface area is 95.8 Å². The first-order valence-electron chi connectivity index (χ1n) is 5.38. The zero-order chi connectivity index (χ0) is 12.2. The number of sulfone groups is 1. The van der Waals surface area contributed by atoms with Crippen molar-refractivity contribution in [3.05, 3.63) is 5.82 Å². The van der Waals surface area contributed by atoms with Gasteiger partial charge < -0.3 is 5.73 Å². The summed E-state index contributed by atoms with van der Waals surface area (Å²) >= 11 is 0. The normalized spacial score (nSPS) is 11.9. The van der Waals surface area contributed by atoms with E-state index in [1.165, 1.54) is 4.68 Å². The quantitative estimate of drug-likeness (QED) is 0.776. The second-order valence-electron chi connectivity index (χ2n) is 3.60. The number of hydrogen-bond donors (Lipinski definition) is 1. The fraction of sp³-hybridized carbons (Fsp3) is 0.778. The fourth-order valence-corrected chi connectivity index (χ4v) is 2.01. The third kappa shape index (κ3) is 3.48. The van der Waals surface area contributed by atoms with Crippen LogP contribution in [-0.2, 0) is 22.8 Å². The molecule has 92 valence electrons. The lowest BCUT2D eigenvalue weighted by Crippen LogP contribution is -2.16. The van der Waals surface area contributed by atoms with Crippen LogP contribution in [0.5, 0.6) is 0 Å². The van der Waals surface area contributed by atoms with E-state index in [9.17, 15) is 8.42 Å². The van der Waals surface area contributed by atoms with E-state index in [0.29, 0.717) is 5.82 Å². The highest BCUT2D eigenvalue weighted by Gasteiger charge is 2.11. The molecule has 0 radical (unpaired) electrons. The lowest BCUT2D eigenvalue weighted by atomic mass is 10.3. The monoisotopic (exact) mass is 246 g/mol. The zero-order valence-corrected chi connectivity index (χ0v) is 10.5. The molecule has 0 saturated heterocycles. The largest absolute Gasteiger partial charge is 0.368 e. The van der Waals surface area contributed by atoms with E-state index in [4.69, 9.17) is 5.73 Å². The molecule has 0 bridgehead atoms. The van der Waals surface area contributed by atoms with E-state index in [2.05, 4.69) is 10.1 Å². The van der Waals surface area contributed by atoms with Crippen LogP contribution >= 0.6 is 0 Å². The highest BCUT2D eigenvalue weighted by molar-refractivity contribution is 7.91. The maximum Gasteiger partial charge on any atom is 0.218 e. The molecule has 0 aliphatic rings. The average Bonchev–Trinajstić information content (AvgIpc) is 2.57. The van der Waals surface area contributed by atoms with E-state index in [-0.39, 0.29) is 24.0 Å². The standard InChI is InChI=1S/C9H18N4O2S/c1-3-5-8-11-9(10)13(12-8)6-7-16(14,15)4-2/h3-7H2,1-2H3,(H2,10,11,12). The Balaban J connectivity index is 2.67. The summed E-state index contributed by atoms with van der Waals surface area (Å²) in [6.07, 6.45) is 1.70. The van der Waals surface area contributed by atoms with Crippen LogP contribution in [-0.4, -0.2) is 34.7 Å². The molecule has 1 aromatic rings. The van der Waals surface area contributed by atoms with Crippen molar-refractivity contribution in [2.75, 3.05) is 17.2 Å². The average molecular weight is 246 g/mol. The van der Waals surface area contributed by atoms with Crippen LogP contribution in [0.4, 0.5) is 5.95 Å². The molecule has 0 amide bonds. The minimum Gasteiger partial charge on any atom is -0.368 e. The Morgan fingerprint density at radius 1 is 1.38 bits per heavy atom. The van der Waals surface area contributed by atoms with Crippen LogP contribution < -0.4 is 5.73 Å². The van der Waals surface area contributed by atoms with Gasteiger partial charge in [0.2, 0.25) is 5.95 Å². The number of nitrogens with zero attached hydrogens (tertiary/aromatic N) is 3. The minimum atomic E-state index is -2.98. The van der Waals surface area contributed by atoms with Crippen molar-refractivity contribution in [2.24, 2.45) is 0 Å². The highest BCUT2D eigenvalue weighted by atomic mass is 32.2. The fourth-order valence-electron chi connectivity index (χ4n) is 1.27. The van der Waals surface area contributed by atoms with Crippen molar-refractivity contribution in [3.8, 4) is 0 Å². The number of rotatable bonds is 6. The molecule has 0 fully saturated rings. The van der Waals surface area contributed by atoms with Gasteiger partial charge in [0, 0.05) is 12.2 Å². The molecule has 0 spiro atoms. The number of aromatic nitrogens is 3. The second-order valence-corrected chi connectivity index (χ2v) is 6.07. The predicted molar refractivity (Wildman–Crippen MR) is 62.8 cm³/mol. The van der Waals surface area contributed by atoms with Crippen molar-refractivity contribution in [1.82, 2.24) is 14.8 Å². The molecular weight excluding hydrogens is 228 g/mol. The zero-order valence-electron chi connectivity index (χ0n) is 9.68. The number of nitrogens with two attached hydrogens (primary N) is 1. The molecule has 16 heavy (non-hydrogen) atoms. The van der Waals surface area contributed by atoms with Gasteiger partial charge in [-0.25, -0.2) is 13.1 Å².